The van der Waals surface area contributed by atoms with Crippen molar-refractivity contribution in [3.05, 3.63) is 77.6 Å². The number of carbonyl (C=O) groups is 2. The molecule has 2 unspecified atom stereocenters. The molecule has 0 aliphatic carbocycles. The largest absolute Gasteiger partial charge is 0.337 e. The molecule has 0 radical (unpaired) electrons. The molecular weight excluding hydrogens is 478 g/mol. The number of benzene rings is 2. The first kappa shape index (κ1) is 24.1. The van der Waals surface area contributed by atoms with Crippen molar-refractivity contribution in [1.29, 1.82) is 0 Å². The van der Waals surface area contributed by atoms with Gasteiger partial charge in [-0.3, -0.25) is 14.3 Å². The van der Waals surface area contributed by atoms with E-state index in [-0.39, 0.29) is 30.2 Å². The predicted octanol–water partition coefficient (Wildman–Crippen LogP) is 2.47. The lowest BCUT2D eigenvalue weighted by molar-refractivity contribution is -0.131. The Morgan fingerprint density at radius 1 is 1.06 bits per heavy atom. The highest BCUT2D eigenvalue weighted by molar-refractivity contribution is 7.92. The normalized spacial score (nSPS) is 19.4. The first-order valence-corrected chi connectivity index (χ1v) is 13.8. The quantitative estimate of drug-likeness (QED) is 0.552. The molecule has 1 aromatic heterocycles. The number of sulfonamides is 1. The summed E-state index contributed by atoms with van der Waals surface area (Å²) in [6.45, 7) is 3.74. The molecule has 2 atom stereocenters. The zero-order valence-corrected chi connectivity index (χ0v) is 21.1. The number of fused-ring (bicyclic) bond motifs is 1. The molecule has 3 aromatic rings. The van der Waals surface area contributed by atoms with E-state index in [4.69, 9.17) is 0 Å². The number of anilines is 1. The summed E-state index contributed by atoms with van der Waals surface area (Å²) in [7, 11) is -3.35. The molecule has 10 heteroatoms. The Bertz CT molecular complexity index is 1390. The number of likely N-dealkylation sites (tertiary alicyclic amines) is 2. The molecule has 2 fully saturated rings. The van der Waals surface area contributed by atoms with Crippen LogP contribution in [0.1, 0.15) is 28.2 Å². The number of hydrogen-bond acceptors (Lipinski definition) is 5. The maximum Gasteiger partial charge on any atom is 0.274 e. The molecule has 2 aliphatic heterocycles. The second-order valence-electron chi connectivity index (χ2n) is 9.58. The Balaban J connectivity index is 1.23. The highest BCUT2D eigenvalue weighted by Crippen LogP contribution is 2.33. The number of aromatic nitrogens is 2. The van der Waals surface area contributed by atoms with Gasteiger partial charge in [0.2, 0.25) is 15.9 Å². The van der Waals surface area contributed by atoms with E-state index in [9.17, 15) is 18.0 Å². The van der Waals surface area contributed by atoms with Crippen LogP contribution in [-0.2, 0) is 21.2 Å². The third-order valence-electron chi connectivity index (χ3n) is 6.88. The van der Waals surface area contributed by atoms with Gasteiger partial charge in [0, 0.05) is 36.9 Å². The van der Waals surface area contributed by atoms with Gasteiger partial charge in [-0.25, -0.2) is 13.1 Å². The number of carbonyl (C=O) groups excluding carboxylic acids is 2. The van der Waals surface area contributed by atoms with Crippen molar-refractivity contribution >= 4 is 27.5 Å². The smallest absolute Gasteiger partial charge is 0.274 e. The number of para-hydroxylation sites is 1. The summed E-state index contributed by atoms with van der Waals surface area (Å²) in [6, 6.07) is 18.4. The predicted molar refractivity (Wildman–Crippen MR) is 136 cm³/mol. The van der Waals surface area contributed by atoms with Crippen LogP contribution < -0.4 is 4.72 Å². The van der Waals surface area contributed by atoms with Gasteiger partial charge in [0.05, 0.1) is 24.4 Å². The van der Waals surface area contributed by atoms with Gasteiger partial charge in [-0.1, -0.05) is 30.3 Å². The molecule has 2 aromatic carbocycles. The monoisotopic (exact) mass is 507 g/mol. The molecule has 0 saturated carbocycles. The van der Waals surface area contributed by atoms with E-state index in [1.54, 1.807) is 28.9 Å². The molecule has 2 aliphatic rings. The van der Waals surface area contributed by atoms with E-state index in [0.29, 0.717) is 31.0 Å². The van der Waals surface area contributed by atoms with Crippen LogP contribution in [-0.4, -0.2) is 71.7 Å². The average molecular weight is 508 g/mol. The van der Waals surface area contributed by atoms with Gasteiger partial charge in [0.25, 0.3) is 5.91 Å². The fourth-order valence-corrected chi connectivity index (χ4v) is 5.75. The second kappa shape index (κ2) is 9.42. The molecule has 36 heavy (non-hydrogen) atoms. The first-order valence-electron chi connectivity index (χ1n) is 12.0. The van der Waals surface area contributed by atoms with E-state index in [2.05, 4.69) is 9.82 Å². The van der Waals surface area contributed by atoms with E-state index >= 15 is 0 Å². The van der Waals surface area contributed by atoms with Crippen molar-refractivity contribution in [2.75, 3.05) is 30.6 Å². The Morgan fingerprint density at radius 2 is 1.78 bits per heavy atom. The molecule has 2 saturated heterocycles. The lowest BCUT2D eigenvalue weighted by Gasteiger charge is -2.25. The molecule has 2 amide bonds. The van der Waals surface area contributed by atoms with Gasteiger partial charge in [0.15, 0.2) is 5.69 Å². The van der Waals surface area contributed by atoms with Crippen molar-refractivity contribution in [2.24, 2.45) is 5.92 Å². The standard InChI is InChI=1S/C26H29N5O4S/c1-18-14-23(27-31(18)22-6-4-3-5-7-22)26(33)29-16-20-12-13-30(24(20)17-29)25(32)15-19-8-10-21(11-9-19)28-36(2,34)35/h3-11,14,20,24,28H,12-13,15-17H2,1-2H3. The highest BCUT2D eigenvalue weighted by atomic mass is 32.2. The summed E-state index contributed by atoms with van der Waals surface area (Å²) in [5, 5.41) is 4.56. The molecule has 5 rings (SSSR count). The van der Waals surface area contributed by atoms with Crippen molar-refractivity contribution in [1.82, 2.24) is 19.6 Å². The maximum atomic E-state index is 13.3. The van der Waals surface area contributed by atoms with Crippen LogP contribution in [0.4, 0.5) is 5.69 Å². The maximum absolute atomic E-state index is 13.3. The van der Waals surface area contributed by atoms with Crippen molar-refractivity contribution in [3.63, 3.8) is 0 Å². The minimum Gasteiger partial charge on any atom is -0.337 e. The summed E-state index contributed by atoms with van der Waals surface area (Å²) in [4.78, 5) is 30.1. The summed E-state index contributed by atoms with van der Waals surface area (Å²) in [5.74, 6) is 0.171. The Kier molecular flexibility index (Phi) is 6.29. The van der Waals surface area contributed by atoms with Crippen LogP contribution in [0.25, 0.3) is 5.69 Å². The molecule has 0 bridgehead atoms. The number of rotatable bonds is 6. The Morgan fingerprint density at radius 3 is 2.47 bits per heavy atom. The van der Waals surface area contributed by atoms with Crippen LogP contribution in [0.2, 0.25) is 0 Å². The van der Waals surface area contributed by atoms with Crippen molar-refractivity contribution in [2.45, 2.75) is 25.8 Å². The fraction of sp³-hybridized carbons (Fsp3) is 0.346. The molecular formula is C26H29N5O4S. The molecule has 9 nitrogen and oxygen atoms in total. The first-order chi connectivity index (χ1) is 17.2. The third kappa shape index (κ3) is 4.99. The van der Waals surface area contributed by atoms with Gasteiger partial charge in [-0.05, 0) is 49.2 Å². The number of aryl methyl sites for hydroxylation is 1. The zero-order chi connectivity index (χ0) is 25.4. The van der Waals surface area contributed by atoms with Gasteiger partial charge in [0.1, 0.15) is 0 Å². The molecule has 1 N–H and O–H groups in total. The van der Waals surface area contributed by atoms with E-state index in [1.165, 1.54) is 0 Å². The molecule has 0 spiro atoms. The highest BCUT2D eigenvalue weighted by Gasteiger charge is 2.45. The number of nitrogens with zero attached hydrogens (tertiary/aromatic N) is 4. The number of nitrogens with one attached hydrogen (secondary N) is 1. The lowest BCUT2D eigenvalue weighted by atomic mass is 10.0. The van der Waals surface area contributed by atoms with Gasteiger partial charge >= 0.3 is 0 Å². The third-order valence-corrected chi connectivity index (χ3v) is 7.48. The van der Waals surface area contributed by atoms with Crippen LogP contribution in [0.3, 0.4) is 0 Å². The average Bonchev–Trinajstić information content (AvgIpc) is 3.53. The number of amides is 2. The number of hydrogen-bond donors (Lipinski definition) is 1. The second-order valence-corrected chi connectivity index (χ2v) is 11.3. The SMILES string of the molecule is Cc1cc(C(=O)N2CC3CCN(C(=O)Cc4ccc(NS(C)(=O)=O)cc4)C3C2)nn1-c1ccccc1. The van der Waals surface area contributed by atoms with Crippen LogP contribution in [0.15, 0.2) is 60.7 Å². The lowest BCUT2D eigenvalue weighted by Crippen LogP contribution is -2.41. The van der Waals surface area contributed by atoms with Gasteiger partial charge < -0.3 is 9.80 Å². The minimum atomic E-state index is -3.35. The van der Waals surface area contributed by atoms with Crippen LogP contribution in [0.5, 0.6) is 0 Å². The van der Waals surface area contributed by atoms with Crippen LogP contribution >= 0.6 is 0 Å². The summed E-state index contributed by atoms with van der Waals surface area (Å²) in [6.07, 6.45) is 2.20. The van der Waals surface area contributed by atoms with Gasteiger partial charge in [-0.15, -0.1) is 0 Å². The summed E-state index contributed by atoms with van der Waals surface area (Å²) in [5.41, 5.74) is 3.49. The minimum absolute atomic E-state index is 0.00457. The van der Waals surface area contributed by atoms with Crippen LogP contribution in [0, 0.1) is 12.8 Å². The van der Waals surface area contributed by atoms with Crippen molar-refractivity contribution in [3.8, 4) is 5.69 Å². The topological polar surface area (TPSA) is 105 Å². The van der Waals surface area contributed by atoms with E-state index in [0.717, 1.165) is 29.6 Å². The van der Waals surface area contributed by atoms with Crippen molar-refractivity contribution < 1.29 is 18.0 Å². The fourth-order valence-electron chi connectivity index (χ4n) is 5.19. The molecule has 188 valence electrons. The zero-order valence-electron chi connectivity index (χ0n) is 20.3. The molecule has 3 heterocycles. The van der Waals surface area contributed by atoms with Gasteiger partial charge in [-0.2, -0.15) is 5.10 Å². The Hall–Kier alpha value is -3.66. The summed E-state index contributed by atoms with van der Waals surface area (Å²) >= 11 is 0. The Labute approximate surface area is 210 Å². The van der Waals surface area contributed by atoms with E-state index in [1.807, 2.05) is 53.1 Å². The summed E-state index contributed by atoms with van der Waals surface area (Å²) < 4.78 is 27.0. The van der Waals surface area contributed by atoms with E-state index < -0.39 is 10.0 Å².